The van der Waals surface area contributed by atoms with Crippen molar-refractivity contribution in [3.05, 3.63) is 296 Å². The average molecular weight is 1190 g/mol. The van der Waals surface area contributed by atoms with E-state index in [2.05, 4.69) is 183 Å². The zero-order valence-electron chi connectivity index (χ0n) is 46.8. The van der Waals surface area contributed by atoms with Gasteiger partial charge in [0.05, 0.1) is 51.5 Å². The number of anilines is 11. The SMILES string of the molecule is Fc1ccccc1N(c1ccc2c3c4c(cc2c1)Sc1c2c(cc5cc(N(c6ccccc6F)c6cccc7ccccc67)ccc15)Sc1c(c(cc5cc(N(c6ccccc6F)C6C=CC=C7C=CC=CC76)ccc15)S3)N42)c1cccc2ccccc12. The first-order valence-electron chi connectivity index (χ1n) is 29.4. The molecule has 2 unspecified atom stereocenters. The minimum absolute atomic E-state index is 0.00951. The highest BCUT2D eigenvalue weighted by Gasteiger charge is 2.42. The number of nitrogens with zero attached hydrogens (tertiary/aromatic N) is 4. The molecular formula is C78H47F3N4S3. The van der Waals surface area contributed by atoms with Gasteiger partial charge in [-0.2, -0.15) is 0 Å². The van der Waals surface area contributed by atoms with Gasteiger partial charge < -0.3 is 19.6 Å². The van der Waals surface area contributed by atoms with Gasteiger partial charge in [-0.25, -0.2) is 13.2 Å². The Kier molecular flexibility index (Phi) is 11.7. The summed E-state index contributed by atoms with van der Waals surface area (Å²) < 4.78 is 49.3. The topological polar surface area (TPSA) is 13.0 Å². The Morgan fingerprint density at radius 3 is 1.26 bits per heavy atom. The smallest absolute Gasteiger partial charge is 0.147 e. The van der Waals surface area contributed by atoms with Gasteiger partial charge in [-0.15, -0.1) is 0 Å². The molecule has 0 aromatic heterocycles. The van der Waals surface area contributed by atoms with Gasteiger partial charge in [-0.1, -0.05) is 205 Å². The van der Waals surface area contributed by atoms with E-state index in [0.717, 1.165) is 129 Å². The van der Waals surface area contributed by atoms with Crippen LogP contribution in [0.1, 0.15) is 0 Å². The molecule has 10 heteroatoms. The summed E-state index contributed by atoms with van der Waals surface area (Å²) in [6, 6.07) is 76.7. The Morgan fingerprint density at radius 2 is 0.761 bits per heavy atom. The Morgan fingerprint density at radius 1 is 0.341 bits per heavy atom. The quantitative estimate of drug-likeness (QED) is 0.141. The molecule has 0 spiro atoms. The van der Waals surface area contributed by atoms with Crippen LogP contribution in [0.4, 0.5) is 75.7 Å². The number of allylic oxidation sites excluding steroid dienone is 5. The van der Waals surface area contributed by atoms with E-state index in [1.807, 2.05) is 72.8 Å². The maximum absolute atomic E-state index is 16.4. The number of hydrogen-bond donors (Lipinski definition) is 0. The molecule has 0 bridgehead atoms. The van der Waals surface area contributed by atoms with Crippen molar-refractivity contribution in [2.24, 2.45) is 5.92 Å². The van der Waals surface area contributed by atoms with Gasteiger partial charge in [0.25, 0.3) is 0 Å². The highest BCUT2D eigenvalue weighted by Crippen LogP contribution is 2.70. The lowest BCUT2D eigenvalue weighted by atomic mass is 9.83. The van der Waals surface area contributed by atoms with Crippen LogP contribution >= 0.6 is 35.3 Å². The number of para-hydroxylation sites is 3. The minimum atomic E-state index is -0.318. The molecule has 2 atom stereocenters. The number of hydrogen-bond acceptors (Lipinski definition) is 7. The first kappa shape index (κ1) is 51.4. The zero-order chi connectivity index (χ0) is 58.3. The molecular weight excluding hydrogens is 1150 g/mol. The maximum Gasteiger partial charge on any atom is 0.147 e. The normalized spacial score (nSPS) is 15.7. The summed E-state index contributed by atoms with van der Waals surface area (Å²) in [5.41, 5.74) is 10.3. The fraction of sp³-hybridized carbons (Fsp3) is 0.0256. The van der Waals surface area contributed by atoms with E-state index in [9.17, 15) is 0 Å². The highest BCUT2D eigenvalue weighted by molar-refractivity contribution is 8.02. The van der Waals surface area contributed by atoms with Crippen LogP contribution in [0.5, 0.6) is 0 Å². The van der Waals surface area contributed by atoms with Crippen molar-refractivity contribution in [1.29, 1.82) is 0 Å². The Hall–Kier alpha value is -9.84. The van der Waals surface area contributed by atoms with E-state index in [-0.39, 0.29) is 29.4 Å². The standard InChI is InChI=1S/C78H47F3N4S3/c79-61-25-7-10-28-67(61)82(64-31-13-19-46-16-1-4-22-55(46)64)52-34-37-58-49(40-52)43-70-73-76(58)87-71-44-50-41-54(84(69-30-12-9-27-63(69)81)66-33-15-21-48-18-3-6-24-57(48)66)36-39-60(50)78-74(71)85(73)75-72(88-78)45-51-42-53(35-38-59(51)77(75)86-70)83(68-29-11-8-26-62(68)80)65-32-14-20-47-17-2-5-23-56(47)65/h1-45,55,64H. The molecule has 13 aromatic carbocycles. The average Bonchev–Trinajstić information content (AvgIpc) is 0.943. The predicted molar refractivity (Wildman–Crippen MR) is 362 cm³/mol. The molecule has 5 aliphatic rings. The third-order valence-electron chi connectivity index (χ3n) is 17.8. The second-order valence-electron chi connectivity index (χ2n) is 22.7. The van der Waals surface area contributed by atoms with Gasteiger partial charge in [-0.05, 0) is 152 Å². The summed E-state index contributed by atoms with van der Waals surface area (Å²) >= 11 is 5.39. The largest absolute Gasteiger partial charge is 0.331 e. The van der Waals surface area contributed by atoms with E-state index < -0.39 is 0 Å². The fourth-order valence-corrected chi connectivity index (χ4v) is 18.0. The van der Waals surface area contributed by atoms with Crippen molar-refractivity contribution in [2.75, 3.05) is 19.6 Å². The Balaban J connectivity index is 0.864. The Bertz CT molecular complexity index is 5180. The molecule has 4 nitrogen and oxygen atoms in total. The van der Waals surface area contributed by atoms with Crippen LogP contribution in [-0.4, -0.2) is 6.04 Å². The monoisotopic (exact) mass is 1190 g/mol. The number of fused-ring (bicyclic) bond motifs is 9. The summed E-state index contributed by atoms with van der Waals surface area (Å²) in [7, 11) is 0. The molecule has 0 N–H and O–H groups in total. The minimum Gasteiger partial charge on any atom is -0.331 e. The van der Waals surface area contributed by atoms with E-state index >= 15 is 13.2 Å². The molecule has 3 heterocycles. The van der Waals surface area contributed by atoms with Gasteiger partial charge in [0, 0.05) is 63.1 Å². The molecule has 0 radical (unpaired) electrons. The second kappa shape index (κ2) is 20.1. The highest BCUT2D eigenvalue weighted by atomic mass is 32.2. The van der Waals surface area contributed by atoms with Crippen LogP contribution in [0.2, 0.25) is 0 Å². The molecule has 0 fully saturated rings. The predicted octanol–water partition coefficient (Wildman–Crippen LogP) is 23.4. The molecule has 418 valence electrons. The van der Waals surface area contributed by atoms with Crippen molar-refractivity contribution in [2.45, 2.75) is 35.4 Å². The van der Waals surface area contributed by atoms with Gasteiger partial charge >= 0.3 is 0 Å². The van der Waals surface area contributed by atoms with Crippen LogP contribution in [0.25, 0.3) is 53.9 Å². The summed E-state index contributed by atoms with van der Waals surface area (Å²) in [4.78, 5) is 15.5. The van der Waals surface area contributed by atoms with Gasteiger partial charge in [0.1, 0.15) is 17.5 Å². The van der Waals surface area contributed by atoms with Crippen LogP contribution in [-0.2, 0) is 0 Å². The zero-order valence-corrected chi connectivity index (χ0v) is 49.2. The van der Waals surface area contributed by atoms with Gasteiger partial charge in [0.15, 0.2) is 0 Å². The fourth-order valence-electron chi connectivity index (χ4n) is 14.0. The van der Waals surface area contributed by atoms with Gasteiger partial charge in [0.2, 0.25) is 0 Å². The van der Waals surface area contributed by atoms with Crippen molar-refractivity contribution in [1.82, 2.24) is 0 Å². The van der Waals surface area contributed by atoms with E-state index in [1.54, 1.807) is 59.6 Å². The van der Waals surface area contributed by atoms with Gasteiger partial charge in [-0.3, -0.25) is 0 Å². The van der Waals surface area contributed by atoms with Crippen LogP contribution in [0.15, 0.2) is 308 Å². The second-order valence-corrected chi connectivity index (χ2v) is 25.9. The molecule has 0 saturated carbocycles. The summed E-state index contributed by atoms with van der Waals surface area (Å²) in [5.74, 6) is -0.913. The Labute approximate surface area is 518 Å². The molecule has 0 saturated heterocycles. The molecule has 88 heavy (non-hydrogen) atoms. The number of halogens is 3. The third-order valence-corrected chi connectivity index (χ3v) is 21.3. The first-order chi connectivity index (χ1) is 43.4. The molecule has 13 aromatic rings. The summed E-state index contributed by atoms with van der Waals surface area (Å²) in [6.07, 6.45) is 15.0. The molecule has 2 aliphatic carbocycles. The van der Waals surface area contributed by atoms with Crippen molar-refractivity contribution in [3.63, 3.8) is 0 Å². The lowest BCUT2D eigenvalue weighted by molar-refractivity contribution is 0.597. The lowest BCUT2D eigenvalue weighted by Crippen LogP contribution is -2.38. The lowest BCUT2D eigenvalue weighted by Gasteiger charge is -2.44. The maximum atomic E-state index is 16.4. The molecule has 3 aliphatic heterocycles. The third kappa shape index (κ3) is 7.91. The van der Waals surface area contributed by atoms with E-state index in [0.29, 0.717) is 17.1 Å². The molecule has 18 rings (SSSR count). The molecule has 0 amide bonds. The van der Waals surface area contributed by atoms with E-state index in [1.165, 1.54) is 17.7 Å². The van der Waals surface area contributed by atoms with Crippen LogP contribution < -0.4 is 19.6 Å². The van der Waals surface area contributed by atoms with Crippen molar-refractivity contribution < 1.29 is 13.2 Å². The number of benzene rings is 13. The van der Waals surface area contributed by atoms with Crippen LogP contribution in [0.3, 0.4) is 0 Å². The van der Waals surface area contributed by atoms with Crippen LogP contribution in [0, 0.1) is 23.4 Å². The van der Waals surface area contributed by atoms with Crippen molar-refractivity contribution >= 4 is 152 Å². The summed E-state index contributed by atoms with van der Waals surface area (Å²) in [5, 5.41) is 10.5. The van der Waals surface area contributed by atoms with Crippen molar-refractivity contribution in [3.8, 4) is 0 Å². The first-order valence-corrected chi connectivity index (χ1v) is 31.8. The summed E-state index contributed by atoms with van der Waals surface area (Å²) in [6.45, 7) is 0. The number of rotatable bonds is 9. The van der Waals surface area contributed by atoms with E-state index in [4.69, 9.17) is 0 Å².